The van der Waals surface area contributed by atoms with E-state index in [1.165, 1.54) is 11.8 Å². The fourth-order valence-corrected chi connectivity index (χ4v) is 1.80. The van der Waals surface area contributed by atoms with Crippen molar-refractivity contribution in [1.82, 2.24) is 0 Å². The molecule has 1 rings (SSSR count). The second kappa shape index (κ2) is 4.15. The summed E-state index contributed by atoms with van der Waals surface area (Å²) in [6, 6.07) is 3.46. The lowest BCUT2D eigenvalue weighted by Crippen LogP contribution is -1.87. The molecule has 0 aliphatic heterocycles. The summed E-state index contributed by atoms with van der Waals surface area (Å²) < 4.78 is 13.3. The molecule has 3 heteroatoms. The second-order valence-corrected chi connectivity index (χ2v) is 4.13. The van der Waals surface area contributed by atoms with Gasteiger partial charge in [0.1, 0.15) is 5.82 Å². The van der Waals surface area contributed by atoms with Gasteiger partial charge in [0.05, 0.1) is 0 Å². The molecule has 0 N–H and O–H groups in total. The van der Waals surface area contributed by atoms with Crippen LogP contribution >= 0.6 is 23.4 Å². The van der Waals surface area contributed by atoms with E-state index in [9.17, 15) is 4.39 Å². The van der Waals surface area contributed by atoms with Crippen molar-refractivity contribution in [2.24, 2.45) is 0 Å². The first-order valence-electron chi connectivity index (χ1n) is 3.74. The Labute approximate surface area is 81.1 Å². The maximum absolute atomic E-state index is 13.3. The Morgan fingerprint density at radius 3 is 2.75 bits per heavy atom. The van der Waals surface area contributed by atoms with E-state index in [1.807, 2.05) is 6.92 Å². The van der Waals surface area contributed by atoms with Gasteiger partial charge in [0.2, 0.25) is 0 Å². The molecule has 0 amide bonds. The molecule has 0 heterocycles. The zero-order valence-electron chi connectivity index (χ0n) is 7.03. The lowest BCUT2D eigenvalue weighted by molar-refractivity contribution is 0.593. The molecular formula is C9H10ClFS. The number of halogens is 2. The highest BCUT2D eigenvalue weighted by atomic mass is 35.5. The molecule has 1 aromatic carbocycles. The van der Waals surface area contributed by atoms with Gasteiger partial charge >= 0.3 is 0 Å². The largest absolute Gasteiger partial charge is 0.205 e. The molecule has 0 aliphatic rings. The van der Waals surface area contributed by atoms with Gasteiger partial charge in [0, 0.05) is 15.5 Å². The van der Waals surface area contributed by atoms with Gasteiger partial charge < -0.3 is 0 Å². The minimum Gasteiger partial charge on any atom is -0.205 e. The van der Waals surface area contributed by atoms with Crippen molar-refractivity contribution in [3.63, 3.8) is 0 Å². The highest BCUT2D eigenvalue weighted by molar-refractivity contribution is 7.99. The van der Waals surface area contributed by atoms with Gasteiger partial charge in [-0.1, -0.05) is 18.5 Å². The van der Waals surface area contributed by atoms with Crippen LogP contribution < -0.4 is 0 Å². The molecule has 0 radical (unpaired) electrons. The highest BCUT2D eigenvalue weighted by Crippen LogP contribution is 2.27. The first-order chi connectivity index (χ1) is 5.66. The van der Waals surface area contributed by atoms with Crippen LogP contribution in [0.5, 0.6) is 0 Å². The quantitative estimate of drug-likeness (QED) is 0.659. The molecule has 0 aliphatic carbocycles. The molecule has 0 spiro atoms. The third-order valence-electron chi connectivity index (χ3n) is 1.58. The fraction of sp³-hybridized carbons (Fsp3) is 0.333. The average molecular weight is 205 g/mol. The predicted molar refractivity (Wildman–Crippen MR) is 52.5 cm³/mol. The second-order valence-electron chi connectivity index (χ2n) is 2.42. The Balaban J connectivity index is 3.08. The molecule has 0 bridgehead atoms. The van der Waals surface area contributed by atoms with Crippen molar-refractivity contribution in [3.8, 4) is 0 Å². The third-order valence-corrected chi connectivity index (χ3v) is 2.91. The topological polar surface area (TPSA) is 0 Å². The molecule has 0 unspecified atom stereocenters. The Morgan fingerprint density at radius 1 is 1.50 bits per heavy atom. The number of hydrogen-bond acceptors (Lipinski definition) is 1. The van der Waals surface area contributed by atoms with Crippen LogP contribution in [0.25, 0.3) is 0 Å². The zero-order valence-corrected chi connectivity index (χ0v) is 8.60. The van der Waals surface area contributed by atoms with E-state index in [4.69, 9.17) is 11.6 Å². The summed E-state index contributed by atoms with van der Waals surface area (Å²) in [7, 11) is 0. The molecule has 66 valence electrons. The van der Waals surface area contributed by atoms with Crippen molar-refractivity contribution in [3.05, 3.63) is 28.5 Å². The molecule has 0 aromatic heterocycles. The molecule has 0 saturated carbocycles. The van der Waals surface area contributed by atoms with Crippen LogP contribution in [0, 0.1) is 12.7 Å². The Morgan fingerprint density at radius 2 is 2.17 bits per heavy atom. The van der Waals surface area contributed by atoms with E-state index in [0.29, 0.717) is 15.5 Å². The predicted octanol–water partition coefficient (Wildman–Crippen LogP) is 3.90. The summed E-state index contributed by atoms with van der Waals surface area (Å²) in [5.74, 6) is 0.687. The molecule has 0 atom stereocenters. The van der Waals surface area contributed by atoms with Gasteiger partial charge in [-0.05, 0) is 24.8 Å². The normalized spacial score (nSPS) is 10.3. The Kier molecular flexibility index (Phi) is 3.41. The van der Waals surface area contributed by atoms with Crippen LogP contribution in [-0.2, 0) is 0 Å². The van der Waals surface area contributed by atoms with E-state index in [0.717, 1.165) is 5.75 Å². The van der Waals surface area contributed by atoms with E-state index in [1.54, 1.807) is 19.1 Å². The minimum atomic E-state index is -0.186. The lowest BCUT2D eigenvalue weighted by Gasteiger charge is -2.04. The number of thioether (sulfide) groups is 1. The molecule has 0 fully saturated rings. The maximum atomic E-state index is 13.3. The molecule has 0 nitrogen and oxygen atoms in total. The van der Waals surface area contributed by atoms with Crippen molar-refractivity contribution in [2.45, 2.75) is 18.7 Å². The summed E-state index contributed by atoms with van der Waals surface area (Å²) in [5.41, 5.74) is 0.537. The first-order valence-corrected chi connectivity index (χ1v) is 5.10. The van der Waals surface area contributed by atoms with Crippen LogP contribution in [0.2, 0.25) is 5.02 Å². The maximum Gasteiger partial charge on any atom is 0.141 e. The van der Waals surface area contributed by atoms with E-state index >= 15 is 0 Å². The lowest BCUT2D eigenvalue weighted by atomic mass is 10.2. The van der Waals surface area contributed by atoms with Crippen LogP contribution in [0.3, 0.4) is 0 Å². The van der Waals surface area contributed by atoms with Crippen molar-refractivity contribution in [2.75, 3.05) is 5.75 Å². The standard InChI is InChI=1S/C9H10ClFS/c1-3-12-8-5-4-7(10)6(2)9(8)11/h4-5H,3H2,1-2H3. The van der Waals surface area contributed by atoms with Crippen LogP contribution in [0.1, 0.15) is 12.5 Å². The SMILES string of the molecule is CCSc1ccc(Cl)c(C)c1F. The van der Waals surface area contributed by atoms with E-state index in [2.05, 4.69) is 0 Å². The molecule has 12 heavy (non-hydrogen) atoms. The number of rotatable bonds is 2. The zero-order chi connectivity index (χ0) is 9.14. The van der Waals surface area contributed by atoms with E-state index < -0.39 is 0 Å². The van der Waals surface area contributed by atoms with Crippen molar-refractivity contribution >= 4 is 23.4 Å². The van der Waals surface area contributed by atoms with Crippen LogP contribution in [0.4, 0.5) is 4.39 Å². The van der Waals surface area contributed by atoms with Gasteiger partial charge in [-0.25, -0.2) is 4.39 Å². The summed E-state index contributed by atoms with van der Waals surface area (Å²) in [6.07, 6.45) is 0. The Hall–Kier alpha value is -0.210. The van der Waals surface area contributed by atoms with E-state index in [-0.39, 0.29) is 5.82 Å². The molecule has 0 saturated heterocycles. The van der Waals surface area contributed by atoms with Gasteiger partial charge in [-0.15, -0.1) is 11.8 Å². The van der Waals surface area contributed by atoms with Crippen LogP contribution in [0.15, 0.2) is 17.0 Å². The highest BCUT2D eigenvalue weighted by Gasteiger charge is 2.07. The third kappa shape index (κ3) is 1.93. The average Bonchev–Trinajstić information content (AvgIpc) is 2.07. The van der Waals surface area contributed by atoms with Gasteiger partial charge in [0.15, 0.2) is 0 Å². The molecule has 1 aromatic rings. The summed E-state index contributed by atoms with van der Waals surface area (Å²) in [5, 5.41) is 0.493. The van der Waals surface area contributed by atoms with Gasteiger partial charge in [-0.2, -0.15) is 0 Å². The smallest absolute Gasteiger partial charge is 0.141 e. The summed E-state index contributed by atoms with van der Waals surface area (Å²) in [4.78, 5) is 0.680. The minimum absolute atomic E-state index is 0.186. The van der Waals surface area contributed by atoms with Crippen LogP contribution in [-0.4, -0.2) is 5.75 Å². The van der Waals surface area contributed by atoms with Gasteiger partial charge in [-0.3, -0.25) is 0 Å². The summed E-state index contributed by atoms with van der Waals surface area (Å²) >= 11 is 7.23. The number of hydrogen-bond donors (Lipinski definition) is 0. The number of benzene rings is 1. The monoisotopic (exact) mass is 204 g/mol. The first kappa shape index (κ1) is 9.87. The summed E-state index contributed by atoms with van der Waals surface area (Å²) in [6.45, 7) is 3.69. The fourth-order valence-electron chi connectivity index (χ4n) is 0.904. The Bertz CT molecular complexity index is 286. The van der Waals surface area contributed by atoms with Crippen molar-refractivity contribution in [1.29, 1.82) is 0 Å². The van der Waals surface area contributed by atoms with Gasteiger partial charge in [0.25, 0.3) is 0 Å². The van der Waals surface area contributed by atoms with Crippen molar-refractivity contribution < 1.29 is 4.39 Å². The molecular weight excluding hydrogens is 195 g/mol.